The first kappa shape index (κ1) is 26.4. The van der Waals surface area contributed by atoms with E-state index in [2.05, 4.69) is 5.32 Å². The Kier molecular flexibility index (Phi) is 8.62. The van der Waals surface area contributed by atoms with E-state index in [0.29, 0.717) is 32.7 Å². The Morgan fingerprint density at radius 3 is 2.38 bits per heavy atom. The number of nitrogens with zero attached hydrogens (tertiary/aromatic N) is 1. The molecule has 3 aromatic rings. The number of thioether (sulfide) groups is 1. The highest BCUT2D eigenvalue weighted by Crippen LogP contribution is 2.38. The average Bonchev–Trinajstić information content (AvgIpc) is 3.14. The van der Waals surface area contributed by atoms with Crippen molar-refractivity contribution in [2.24, 2.45) is 0 Å². The molecule has 0 aliphatic carbocycles. The van der Waals surface area contributed by atoms with Crippen LogP contribution in [-0.4, -0.2) is 41.1 Å². The molecule has 1 fully saturated rings. The molecule has 0 radical (unpaired) electrons. The number of hydrogen-bond acceptors (Lipinski definition) is 7. The van der Waals surface area contributed by atoms with Gasteiger partial charge in [-0.05, 0) is 89.3 Å². The zero-order chi connectivity index (χ0) is 26.4. The molecule has 8 nitrogen and oxygen atoms in total. The number of hydrogen-bond donors (Lipinski definition) is 1. The first-order valence-corrected chi connectivity index (χ1v) is 13.1. The van der Waals surface area contributed by atoms with Gasteiger partial charge in [0, 0.05) is 5.69 Å². The predicted octanol–water partition coefficient (Wildman–Crippen LogP) is 5.58. The Hall–Kier alpha value is -3.64. The van der Waals surface area contributed by atoms with Crippen LogP contribution in [0, 0.1) is 3.57 Å². The number of rotatable bonds is 8. The van der Waals surface area contributed by atoms with Crippen LogP contribution in [0.5, 0.6) is 11.5 Å². The van der Waals surface area contributed by atoms with E-state index in [0.717, 1.165) is 16.7 Å². The molecule has 3 aromatic carbocycles. The molecule has 188 valence electrons. The van der Waals surface area contributed by atoms with Gasteiger partial charge >= 0.3 is 5.97 Å². The Balaban J connectivity index is 1.52. The fourth-order valence-corrected chi connectivity index (χ4v) is 4.99. The summed E-state index contributed by atoms with van der Waals surface area (Å²) in [5.41, 5.74) is 1.54. The van der Waals surface area contributed by atoms with Gasteiger partial charge in [-0.15, -0.1) is 0 Å². The molecule has 1 heterocycles. The summed E-state index contributed by atoms with van der Waals surface area (Å²) >= 11 is 2.77. The van der Waals surface area contributed by atoms with Crippen molar-refractivity contribution in [3.63, 3.8) is 0 Å². The topological polar surface area (TPSA) is 102 Å². The van der Waals surface area contributed by atoms with Crippen molar-refractivity contribution < 1.29 is 28.7 Å². The van der Waals surface area contributed by atoms with Gasteiger partial charge in [-0.25, -0.2) is 4.79 Å². The van der Waals surface area contributed by atoms with E-state index in [9.17, 15) is 19.2 Å². The fourth-order valence-electron chi connectivity index (χ4n) is 3.41. The summed E-state index contributed by atoms with van der Waals surface area (Å²) in [4.78, 5) is 51.4. The van der Waals surface area contributed by atoms with Crippen molar-refractivity contribution in [1.82, 2.24) is 4.90 Å². The lowest BCUT2D eigenvalue weighted by molar-refractivity contribution is -0.127. The van der Waals surface area contributed by atoms with E-state index in [1.165, 1.54) is 0 Å². The van der Waals surface area contributed by atoms with Crippen LogP contribution in [0.15, 0.2) is 77.7 Å². The molecule has 0 spiro atoms. The molecule has 4 rings (SSSR count). The lowest BCUT2D eigenvalue weighted by Gasteiger charge is -2.14. The Bertz CT molecular complexity index is 1380. The number of benzene rings is 3. The second kappa shape index (κ2) is 12.1. The number of imide groups is 1. The maximum Gasteiger partial charge on any atom is 0.343 e. The summed E-state index contributed by atoms with van der Waals surface area (Å²) in [6, 6.07) is 20.7. The number of esters is 1. The third-order valence-corrected chi connectivity index (χ3v) is 6.78. The van der Waals surface area contributed by atoms with Gasteiger partial charge in [0.2, 0.25) is 5.91 Å². The Morgan fingerprint density at radius 1 is 1.03 bits per heavy atom. The van der Waals surface area contributed by atoms with E-state index >= 15 is 0 Å². The van der Waals surface area contributed by atoms with Crippen molar-refractivity contribution in [3.05, 3.63) is 92.4 Å². The molecule has 0 aromatic heterocycles. The molecule has 0 atom stereocenters. The molecule has 37 heavy (non-hydrogen) atoms. The van der Waals surface area contributed by atoms with Gasteiger partial charge in [-0.1, -0.05) is 36.4 Å². The van der Waals surface area contributed by atoms with Crippen molar-refractivity contribution >= 4 is 69.1 Å². The van der Waals surface area contributed by atoms with E-state index in [4.69, 9.17) is 9.47 Å². The minimum absolute atomic E-state index is 0.171. The van der Waals surface area contributed by atoms with Gasteiger partial charge < -0.3 is 14.8 Å². The molecule has 0 bridgehead atoms. The second-order valence-corrected chi connectivity index (χ2v) is 9.86. The number of halogens is 1. The van der Waals surface area contributed by atoms with Crippen molar-refractivity contribution in [2.45, 2.75) is 6.92 Å². The summed E-state index contributed by atoms with van der Waals surface area (Å²) in [6.07, 6.45) is 1.55. The number of para-hydroxylation sites is 1. The standard InChI is InChI=1S/C27H21IN2O6S/c1-2-35-21-14-17(13-20(28)24(21)36-26(33)18-9-5-3-6-10-18)15-22-25(32)30(27(34)37-22)16-23(31)29-19-11-7-4-8-12-19/h3-15H,2,16H2,1H3,(H,29,31)/b22-15-. The van der Waals surface area contributed by atoms with Gasteiger partial charge in [0.15, 0.2) is 11.5 Å². The highest BCUT2D eigenvalue weighted by atomic mass is 127. The summed E-state index contributed by atoms with van der Waals surface area (Å²) in [5, 5.41) is 2.13. The zero-order valence-corrected chi connectivity index (χ0v) is 22.6. The van der Waals surface area contributed by atoms with Crippen LogP contribution in [0.25, 0.3) is 6.08 Å². The normalized spacial score (nSPS) is 14.1. The molecule has 1 aliphatic rings. The number of ether oxygens (including phenoxy) is 2. The SMILES string of the molecule is CCOc1cc(/C=C2\SC(=O)N(CC(=O)Nc3ccccc3)C2=O)cc(I)c1OC(=O)c1ccccc1. The third-order valence-electron chi connectivity index (χ3n) is 5.07. The van der Waals surface area contributed by atoms with Crippen molar-refractivity contribution in [1.29, 1.82) is 0 Å². The molecule has 1 saturated heterocycles. The highest BCUT2D eigenvalue weighted by molar-refractivity contribution is 14.1. The highest BCUT2D eigenvalue weighted by Gasteiger charge is 2.36. The van der Waals surface area contributed by atoms with Gasteiger partial charge in [0.1, 0.15) is 6.54 Å². The fraction of sp³-hybridized carbons (Fsp3) is 0.111. The lowest BCUT2D eigenvalue weighted by atomic mass is 10.1. The van der Waals surface area contributed by atoms with E-state index in [1.807, 2.05) is 28.7 Å². The molecular formula is C27H21IN2O6S. The van der Waals surface area contributed by atoms with Crippen molar-refractivity contribution in [3.8, 4) is 11.5 Å². The molecule has 3 amide bonds. The summed E-state index contributed by atoms with van der Waals surface area (Å²) < 4.78 is 11.9. The minimum Gasteiger partial charge on any atom is -0.490 e. The number of amides is 3. The number of carbonyl (C=O) groups is 4. The van der Waals surface area contributed by atoms with Crippen LogP contribution in [0.3, 0.4) is 0 Å². The predicted molar refractivity (Wildman–Crippen MR) is 149 cm³/mol. The van der Waals surface area contributed by atoms with Gasteiger partial charge in [0.25, 0.3) is 11.1 Å². The van der Waals surface area contributed by atoms with Crippen LogP contribution < -0.4 is 14.8 Å². The number of carbonyl (C=O) groups excluding carboxylic acids is 4. The lowest BCUT2D eigenvalue weighted by Crippen LogP contribution is -2.36. The van der Waals surface area contributed by atoms with Gasteiger partial charge in [-0.2, -0.15) is 0 Å². The quantitative estimate of drug-likeness (QED) is 0.150. The van der Waals surface area contributed by atoms with Crippen molar-refractivity contribution in [2.75, 3.05) is 18.5 Å². The number of nitrogens with one attached hydrogen (secondary N) is 1. The first-order valence-electron chi connectivity index (χ1n) is 11.2. The molecule has 10 heteroatoms. The largest absolute Gasteiger partial charge is 0.490 e. The van der Waals surface area contributed by atoms with Crippen LogP contribution in [0.1, 0.15) is 22.8 Å². The van der Waals surface area contributed by atoms with E-state index < -0.39 is 29.6 Å². The van der Waals surface area contributed by atoms with Crippen LogP contribution in [0.2, 0.25) is 0 Å². The average molecular weight is 628 g/mol. The monoisotopic (exact) mass is 628 g/mol. The summed E-state index contributed by atoms with van der Waals surface area (Å²) in [5.74, 6) is -0.981. The number of anilines is 1. The molecule has 0 unspecified atom stereocenters. The van der Waals surface area contributed by atoms with Crippen LogP contribution in [-0.2, 0) is 9.59 Å². The summed E-state index contributed by atoms with van der Waals surface area (Å²) in [7, 11) is 0. The van der Waals surface area contributed by atoms with Gasteiger partial charge in [-0.3, -0.25) is 19.3 Å². The second-order valence-electron chi connectivity index (χ2n) is 7.70. The molecule has 0 saturated carbocycles. The maximum absolute atomic E-state index is 12.9. The van der Waals surface area contributed by atoms with Gasteiger partial charge in [0.05, 0.1) is 20.6 Å². The third kappa shape index (κ3) is 6.57. The van der Waals surface area contributed by atoms with Crippen LogP contribution >= 0.6 is 34.4 Å². The zero-order valence-electron chi connectivity index (χ0n) is 19.6. The first-order chi connectivity index (χ1) is 17.9. The van der Waals surface area contributed by atoms with E-state index in [-0.39, 0.29) is 10.7 Å². The van der Waals surface area contributed by atoms with E-state index in [1.54, 1.807) is 79.7 Å². The molecule has 1 aliphatic heterocycles. The maximum atomic E-state index is 12.9. The Labute approximate surface area is 231 Å². The Morgan fingerprint density at radius 2 is 1.70 bits per heavy atom. The minimum atomic E-state index is -0.564. The molecular weight excluding hydrogens is 607 g/mol. The smallest absolute Gasteiger partial charge is 0.343 e. The molecule has 1 N–H and O–H groups in total. The summed E-state index contributed by atoms with van der Waals surface area (Å²) in [6.45, 7) is 1.73. The van der Waals surface area contributed by atoms with Crippen LogP contribution in [0.4, 0.5) is 10.5 Å².